The number of halogens is 1. The normalized spacial score (nSPS) is 15.9. The topological polar surface area (TPSA) is 50.3 Å². The van der Waals surface area contributed by atoms with Crippen molar-refractivity contribution in [2.75, 3.05) is 13.1 Å². The summed E-state index contributed by atoms with van der Waals surface area (Å²) < 4.78 is 41.0. The molecule has 2 aromatic carbocycles. The molecule has 30 heavy (non-hydrogen) atoms. The zero-order chi connectivity index (χ0) is 21.1. The van der Waals surface area contributed by atoms with Crippen molar-refractivity contribution >= 4 is 10.0 Å². The first-order chi connectivity index (χ1) is 14.4. The standard InChI is InChI=1S/C24H25FN2O2S/c1-18-7-9-22(16-23(18)25)30(28,29)27-13-11-21(12-14-27)24-10-8-20(17-26-24)15-19-5-3-2-4-6-19/h2-10,16-17,21H,11-15H2,1H3. The Kier molecular flexibility index (Phi) is 5.97. The molecule has 1 aliphatic heterocycles. The van der Waals surface area contributed by atoms with E-state index < -0.39 is 15.8 Å². The van der Waals surface area contributed by atoms with E-state index in [1.165, 1.54) is 22.0 Å². The van der Waals surface area contributed by atoms with Crippen molar-refractivity contribution in [3.05, 3.63) is 95.1 Å². The van der Waals surface area contributed by atoms with E-state index in [2.05, 4.69) is 29.2 Å². The molecular formula is C24H25FN2O2S. The van der Waals surface area contributed by atoms with Gasteiger partial charge in [-0.25, -0.2) is 12.8 Å². The molecule has 0 amide bonds. The molecule has 0 radical (unpaired) electrons. The summed E-state index contributed by atoms with van der Waals surface area (Å²) in [6.45, 7) is 2.45. The van der Waals surface area contributed by atoms with E-state index in [1.54, 1.807) is 6.92 Å². The van der Waals surface area contributed by atoms with Gasteiger partial charge >= 0.3 is 0 Å². The van der Waals surface area contributed by atoms with Crippen molar-refractivity contribution in [3.8, 4) is 0 Å². The number of benzene rings is 2. The molecule has 1 saturated heterocycles. The van der Waals surface area contributed by atoms with Gasteiger partial charge in [-0.2, -0.15) is 4.31 Å². The van der Waals surface area contributed by atoms with Gasteiger partial charge in [0.1, 0.15) is 5.82 Å². The van der Waals surface area contributed by atoms with Crippen LogP contribution in [0.4, 0.5) is 4.39 Å². The van der Waals surface area contributed by atoms with E-state index in [0.29, 0.717) is 31.5 Å². The number of rotatable bonds is 5. The highest BCUT2D eigenvalue weighted by Gasteiger charge is 2.30. The molecule has 2 heterocycles. The fourth-order valence-electron chi connectivity index (χ4n) is 3.89. The lowest BCUT2D eigenvalue weighted by atomic mass is 9.93. The zero-order valence-electron chi connectivity index (χ0n) is 17.0. The number of nitrogens with zero attached hydrogens (tertiary/aromatic N) is 2. The second kappa shape index (κ2) is 8.66. The molecule has 0 bridgehead atoms. The second-order valence-electron chi connectivity index (χ2n) is 7.84. The summed E-state index contributed by atoms with van der Waals surface area (Å²) in [5.74, 6) is -0.261. The molecular weight excluding hydrogens is 399 g/mol. The number of aryl methyl sites for hydroxylation is 1. The largest absolute Gasteiger partial charge is 0.261 e. The van der Waals surface area contributed by atoms with Gasteiger partial charge < -0.3 is 0 Å². The van der Waals surface area contributed by atoms with Gasteiger partial charge in [0.2, 0.25) is 10.0 Å². The highest BCUT2D eigenvalue weighted by molar-refractivity contribution is 7.89. The zero-order valence-corrected chi connectivity index (χ0v) is 17.8. The Labute approximate surface area is 177 Å². The summed E-state index contributed by atoms with van der Waals surface area (Å²) in [6.07, 6.45) is 4.18. The number of sulfonamides is 1. The van der Waals surface area contributed by atoms with Crippen LogP contribution in [0.5, 0.6) is 0 Å². The van der Waals surface area contributed by atoms with Crippen LogP contribution in [0.1, 0.15) is 41.1 Å². The van der Waals surface area contributed by atoms with E-state index in [1.807, 2.05) is 24.4 Å². The SMILES string of the molecule is Cc1ccc(S(=O)(=O)N2CCC(c3ccc(Cc4ccccc4)cn3)CC2)cc1F. The Balaban J connectivity index is 1.40. The third-order valence-corrected chi connectivity index (χ3v) is 7.65. The highest BCUT2D eigenvalue weighted by atomic mass is 32.2. The van der Waals surface area contributed by atoms with Crippen LogP contribution < -0.4 is 0 Å². The first-order valence-electron chi connectivity index (χ1n) is 10.2. The fourth-order valence-corrected chi connectivity index (χ4v) is 5.37. The highest BCUT2D eigenvalue weighted by Crippen LogP contribution is 2.30. The quantitative estimate of drug-likeness (QED) is 0.597. The lowest BCUT2D eigenvalue weighted by Gasteiger charge is -2.31. The smallest absolute Gasteiger partial charge is 0.243 e. The van der Waals surface area contributed by atoms with Crippen LogP contribution in [-0.4, -0.2) is 30.8 Å². The molecule has 156 valence electrons. The van der Waals surface area contributed by atoms with Gasteiger partial charge in [-0.05, 0) is 61.1 Å². The van der Waals surface area contributed by atoms with Gasteiger partial charge in [0.05, 0.1) is 4.90 Å². The summed E-state index contributed by atoms with van der Waals surface area (Å²) in [4.78, 5) is 4.67. The van der Waals surface area contributed by atoms with Crippen molar-refractivity contribution < 1.29 is 12.8 Å². The monoisotopic (exact) mass is 424 g/mol. The van der Waals surface area contributed by atoms with Gasteiger partial charge in [-0.3, -0.25) is 4.98 Å². The van der Waals surface area contributed by atoms with Crippen LogP contribution in [-0.2, 0) is 16.4 Å². The van der Waals surface area contributed by atoms with Gasteiger partial charge in [0, 0.05) is 30.9 Å². The van der Waals surface area contributed by atoms with Crippen LogP contribution in [0.2, 0.25) is 0 Å². The third kappa shape index (κ3) is 4.45. The number of piperidine rings is 1. The summed E-state index contributed by atoms with van der Waals surface area (Å²) in [6, 6.07) is 18.5. The van der Waals surface area contributed by atoms with E-state index in [9.17, 15) is 12.8 Å². The molecule has 3 aromatic rings. The Bertz CT molecular complexity index is 1110. The molecule has 0 N–H and O–H groups in total. The molecule has 1 aliphatic rings. The van der Waals surface area contributed by atoms with Gasteiger partial charge in [0.25, 0.3) is 0 Å². The molecule has 0 spiro atoms. The van der Waals surface area contributed by atoms with Crippen molar-refractivity contribution in [3.63, 3.8) is 0 Å². The minimum atomic E-state index is -3.68. The fraction of sp³-hybridized carbons (Fsp3) is 0.292. The van der Waals surface area contributed by atoms with Gasteiger partial charge in [-0.1, -0.05) is 42.5 Å². The molecule has 4 rings (SSSR count). The third-order valence-electron chi connectivity index (χ3n) is 5.75. The summed E-state index contributed by atoms with van der Waals surface area (Å²) in [5.41, 5.74) is 3.85. The molecule has 4 nitrogen and oxygen atoms in total. The minimum Gasteiger partial charge on any atom is -0.261 e. The molecule has 6 heteroatoms. The molecule has 1 aromatic heterocycles. The van der Waals surface area contributed by atoms with E-state index in [0.717, 1.165) is 23.7 Å². The number of hydrogen-bond acceptors (Lipinski definition) is 3. The van der Waals surface area contributed by atoms with E-state index in [-0.39, 0.29) is 10.8 Å². The molecule has 0 atom stereocenters. The van der Waals surface area contributed by atoms with Crippen LogP contribution in [0.15, 0.2) is 71.8 Å². The number of pyridine rings is 1. The van der Waals surface area contributed by atoms with E-state index in [4.69, 9.17) is 0 Å². The molecule has 0 aliphatic carbocycles. The van der Waals surface area contributed by atoms with Gasteiger partial charge in [0.15, 0.2) is 0 Å². The first kappa shape index (κ1) is 20.7. The second-order valence-corrected chi connectivity index (χ2v) is 9.78. The van der Waals surface area contributed by atoms with Crippen molar-refractivity contribution in [1.29, 1.82) is 0 Å². The Morgan fingerprint density at radius 2 is 1.73 bits per heavy atom. The lowest BCUT2D eigenvalue weighted by Crippen LogP contribution is -2.38. The Morgan fingerprint density at radius 3 is 2.37 bits per heavy atom. The molecule has 0 unspecified atom stereocenters. The summed E-state index contributed by atoms with van der Waals surface area (Å²) in [7, 11) is -3.68. The summed E-state index contributed by atoms with van der Waals surface area (Å²) in [5, 5.41) is 0. The van der Waals surface area contributed by atoms with Crippen LogP contribution in [0.3, 0.4) is 0 Å². The van der Waals surface area contributed by atoms with Crippen molar-refractivity contribution in [2.24, 2.45) is 0 Å². The Hall–Kier alpha value is -2.57. The molecule has 1 fully saturated rings. The average molecular weight is 425 g/mol. The van der Waals surface area contributed by atoms with E-state index >= 15 is 0 Å². The summed E-state index contributed by atoms with van der Waals surface area (Å²) >= 11 is 0. The molecule has 0 saturated carbocycles. The number of hydrogen-bond donors (Lipinski definition) is 0. The Morgan fingerprint density at radius 1 is 1.00 bits per heavy atom. The maximum atomic E-state index is 13.8. The predicted octanol–water partition coefficient (Wildman–Crippen LogP) is 4.69. The lowest BCUT2D eigenvalue weighted by molar-refractivity contribution is 0.316. The maximum Gasteiger partial charge on any atom is 0.243 e. The van der Waals surface area contributed by atoms with Crippen LogP contribution in [0.25, 0.3) is 0 Å². The predicted molar refractivity (Wildman–Crippen MR) is 115 cm³/mol. The minimum absolute atomic E-state index is 0.0208. The van der Waals surface area contributed by atoms with Crippen LogP contribution in [0, 0.1) is 12.7 Å². The van der Waals surface area contributed by atoms with Crippen molar-refractivity contribution in [2.45, 2.75) is 37.0 Å². The van der Waals surface area contributed by atoms with Crippen molar-refractivity contribution in [1.82, 2.24) is 9.29 Å². The first-order valence-corrected chi connectivity index (χ1v) is 11.6. The number of aromatic nitrogens is 1. The average Bonchev–Trinajstić information content (AvgIpc) is 2.77. The maximum absolute atomic E-state index is 13.8. The van der Waals surface area contributed by atoms with Gasteiger partial charge in [-0.15, -0.1) is 0 Å². The van der Waals surface area contributed by atoms with Crippen LogP contribution >= 0.6 is 0 Å².